The second kappa shape index (κ2) is 14.9. The number of carboxylic acids is 1. The van der Waals surface area contributed by atoms with E-state index in [1.54, 1.807) is 13.8 Å². The molecule has 35 heavy (non-hydrogen) atoms. The molecule has 0 aromatic rings. The largest absolute Gasteiger partial charge is 0.481 e. The van der Waals surface area contributed by atoms with Crippen LogP contribution in [0.3, 0.4) is 0 Å². The van der Waals surface area contributed by atoms with E-state index in [0.717, 1.165) is 32.1 Å². The number of aliphatic carboxylic acids is 1. The van der Waals surface area contributed by atoms with E-state index < -0.39 is 36.4 Å². The minimum Gasteiger partial charge on any atom is -0.481 e. The van der Waals surface area contributed by atoms with Gasteiger partial charge in [-0.3, -0.25) is 4.79 Å². The number of hydrogen-bond donors (Lipinski definition) is 4. The van der Waals surface area contributed by atoms with Gasteiger partial charge in [-0.2, -0.15) is 0 Å². The van der Waals surface area contributed by atoms with E-state index in [4.69, 9.17) is 19.3 Å². The smallest absolute Gasteiger partial charge is 0.330 e. The fourth-order valence-corrected chi connectivity index (χ4v) is 4.59. The standard InChI is InChI=1S/C26H44O9/c1-16(13-23(30)33-11-9-7-5-4-6-8-10-22(28)29)12-20-25(32)24(31)19(15-34-20)14-21-26(35-21)17(2)18(3)27/h13,17-21,24-27,31-32H,4-12,14-15H2,1-3H3,(H,28,29)/b16-13+/t17-,18-,19?,20-,21-,24?,25?,26-/m0/s1. The zero-order chi connectivity index (χ0) is 26.0. The average Bonchev–Trinajstić information content (AvgIpc) is 3.55. The molecule has 0 saturated carbocycles. The molecule has 2 rings (SSSR count). The Hall–Kier alpha value is -1.52. The number of carboxylic acid groups (broad SMARTS) is 1. The zero-order valence-electron chi connectivity index (χ0n) is 21.3. The van der Waals surface area contributed by atoms with Gasteiger partial charge in [0.1, 0.15) is 6.10 Å². The normalized spacial score (nSPS) is 30.5. The first-order valence-electron chi connectivity index (χ1n) is 13.0. The first-order chi connectivity index (χ1) is 16.6. The first-order valence-corrected chi connectivity index (χ1v) is 13.0. The highest BCUT2D eigenvalue weighted by atomic mass is 16.6. The summed E-state index contributed by atoms with van der Waals surface area (Å²) in [6.07, 6.45) is 4.61. The van der Waals surface area contributed by atoms with Crippen LogP contribution in [0.25, 0.3) is 0 Å². The van der Waals surface area contributed by atoms with E-state index in [1.165, 1.54) is 6.08 Å². The highest BCUT2D eigenvalue weighted by molar-refractivity contribution is 5.82. The SMILES string of the molecule is C/C(=C\C(=O)OCCCCCCCCC(=O)O)C[C@@H]1OCC(C[C@@H]2O[C@H]2[C@@H](C)[C@H](C)O)C(O)C1O. The summed E-state index contributed by atoms with van der Waals surface area (Å²) < 4.78 is 16.7. The second-order valence-electron chi connectivity index (χ2n) is 10.2. The van der Waals surface area contributed by atoms with Crippen LogP contribution >= 0.6 is 0 Å². The molecule has 2 heterocycles. The Morgan fingerprint density at radius 2 is 1.69 bits per heavy atom. The number of epoxide rings is 1. The Kier molecular flexibility index (Phi) is 12.6. The maximum Gasteiger partial charge on any atom is 0.330 e. The Morgan fingerprint density at radius 1 is 1.03 bits per heavy atom. The number of rotatable bonds is 16. The fourth-order valence-electron chi connectivity index (χ4n) is 4.59. The van der Waals surface area contributed by atoms with Gasteiger partial charge in [0.25, 0.3) is 0 Å². The third kappa shape index (κ3) is 10.6. The number of ether oxygens (including phenoxy) is 3. The van der Waals surface area contributed by atoms with Crippen molar-refractivity contribution in [2.24, 2.45) is 11.8 Å². The zero-order valence-corrected chi connectivity index (χ0v) is 21.3. The van der Waals surface area contributed by atoms with E-state index in [-0.39, 0.29) is 30.5 Å². The van der Waals surface area contributed by atoms with Crippen molar-refractivity contribution in [1.82, 2.24) is 0 Å². The van der Waals surface area contributed by atoms with E-state index in [2.05, 4.69) is 0 Å². The molecule has 0 amide bonds. The number of aliphatic hydroxyl groups is 3. The van der Waals surface area contributed by atoms with Gasteiger partial charge in [0.05, 0.1) is 43.7 Å². The number of carbonyl (C=O) groups is 2. The predicted molar refractivity (Wildman–Crippen MR) is 129 cm³/mol. The molecule has 0 aliphatic carbocycles. The maximum absolute atomic E-state index is 12.1. The van der Waals surface area contributed by atoms with Crippen LogP contribution in [0.2, 0.25) is 0 Å². The van der Waals surface area contributed by atoms with E-state index >= 15 is 0 Å². The molecule has 2 saturated heterocycles. The van der Waals surface area contributed by atoms with Crippen LogP contribution in [-0.2, 0) is 23.8 Å². The van der Waals surface area contributed by atoms with Crippen molar-refractivity contribution in [2.45, 2.75) is 115 Å². The molecule has 2 aliphatic heterocycles. The highest BCUT2D eigenvalue weighted by Gasteiger charge is 2.48. The molecule has 0 bridgehead atoms. The lowest BCUT2D eigenvalue weighted by Crippen LogP contribution is -2.50. The molecule has 0 radical (unpaired) electrons. The molecule has 4 N–H and O–H groups in total. The molecule has 0 spiro atoms. The van der Waals surface area contributed by atoms with Gasteiger partial charge in [-0.1, -0.05) is 38.2 Å². The van der Waals surface area contributed by atoms with Crippen LogP contribution in [0, 0.1) is 11.8 Å². The molecule has 9 nitrogen and oxygen atoms in total. The molecule has 0 aromatic heterocycles. The minimum absolute atomic E-state index is 0.0160. The summed E-state index contributed by atoms with van der Waals surface area (Å²) in [6.45, 7) is 6.07. The van der Waals surface area contributed by atoms with Crippen molar-refractivity contribution >= 4 is 11.9 Å². The molecule has 2 fully saturated rings. The van der Waals surface area contributed by atoms with Crippen LogP contribution < -0.4 is 0 Å². The molecule has 0 aromatic carbocycles. The summed E-state index contributed by atoms with van der Waals surface area (Å²) in [4.78, 5) is 22.5. The second-order valence-corrected chi connectivity index (χ2v) is 10.2. The van der Waals surface area contributed by atoms with Crippen LogP contribution in [-0.4, -0.2) is 82.2 Å². The van der Waals surface area contributed by atoms with Gasteiger partial charge in [-0.05, 0) is 39.5 Å². The average molecular weight is 501 g/mol. The Morgan fingerprint density at radius 3 is 2.34 bits per heavy atom. The van der Waals surface area contributed by atoms with Crippen LogP contribution in [0.1, 0.15) is 78.6 Å². The highest BCUT2D eigenvalue weighted by Crippen LogP contribution is 2.38. The van der Waals surface area contributed by atoms with Gasteiger partial charge in [-0.15, -0.1) is 0 Å². The van der Waals surface area contributed by atoms with Gasteiger partial charge in [-0.25, -0.2) is 4.79 Å². The molecule has 2 aliphatic rings. The summed E-state index contributed by atoms with van der Waals surface area (Å²) >= 11 is 0. The quantitative estimate of drug-likeness (QED) is 0.109. The molecular weight excluding hydrogens is 456 g/mol. The van der Waals surface area contributed by atoms with Gasteiger partial charge in [0.2, 0.25) is 0 Å². The monoisotopic (exact) mass is 500 g/mol. The van der Waals surface area contributed by atoms with Crippen LogP contribution in [0.15, 0.2) is 11.6 Å². The van der Waals surface area contributed by atoms with Gasteiger partial charge >= 0.3 is 11.9 Å². The lowest BCUT2D eigenvalue weighted by atomic mass is 9.85. The van der Waals surface area contributed by atoms with Crippen molar-refractivity contribution in [3.63, 3.8) is 0 Å². The van der Waals surface area contributed by atoms with Gasteiger partial charge in [0.15, 0.2) is 0 Å². The van der Waals surface area contributed by atoms with Crippen molar-refractivity contribution in [3.05, 3.63) is 11.6 Å². The van der Waals surface area contributed by atoms with Gasteiger partial charge < -0.3 is 34.6 Å². The summed E-state index contributed by atoms with van der Waals surface area (Å²) in [5, 5.41) is 39.5. The third-order valence-corrected chi connectivity index (χ3v) is 7.09. The van der Waals surface area contributed by atoms with Gasteiger partial charge in [0, 0.05) is 24.3 Å². The van der Waals surface area contributed by atoms with Crippen molar-refractivity contribution < 1.29 is 44.2 Å². The molecule has 8 atom stereocenters. The fraction of sp³-hybridized carbons (Fsp3) is 0.846. The first kappa shape index (κ1) is 29.7. The minimum atomic E-state index is -1.06. The topological polar surface area (TPSA) is 146 Å². The Labute approximate surface area is 208 Å². The van der Waals surface area contributed by atoms with Crippen molar-refractivity contribution in [3.8, 4) is 0 Å². The summed E-state index contributed by atoms with van der Waals surface area (Å²) in [5.41, 5.74) is 0.708. The predicted octanol–water partition coefficient (Wildman–Crippen LogP) is 2.59. The summed E-state index contributed by atoms with van der Waals surface area (Å²) in [6, 6.07) is 0. The Balaban J connectivity index is 1.62. The number of hydrogen-bond acceptors (Lipinski definition) is 8. The van der Waals surface area contributed by atoms with Crippen molar-refractivity contribution in [1.29, 1.82) is 0 Å². The number of carbonyl (C=O) groups excluding carboxylic acids is 1. The van der Waals surface area contributed by atoms with E-state index in [1.807, 2.05) is 6.92 Å². The Bertz CT molecular complexity index is 692. The third-order valence-electron chi connectivity index (χ3n) is 7.09. The number of aliphatic hydroxyl groups excluding tert-OH is 3. The molecular formula is C26H44O9. The van der Waals surface area contributed by atoms with Crippen LogP contribution in [0.4, 0.5) is 0 Å². The lowest BCUT2D eigenvalue weighted by molar-refractivity contribution is -0.165. The van der Waals surface area contributed by atoms with E-state index in [0.29, 0.717) is 38.0 Å². The molecule has 3 unspecified atom stereocenters. The summed E-state index contributed by atoms with van der Waals surface area (Å²) in [5.74, 6) is -1.42. The summed E-state index contributed by atoms with van der Waals surface area (Å²) in [7, 11) is 0. The van der Waals surface area contributed by atoms with E-state index in [9.17, 15) is 24.9 Å². The molecule has 9 heteroatoms. The van der Waals surface area contributed by atoms with Crippen LogP contribution in [0.5, 0.6) is 0 Å². The lowest BCUT2D eigenvalue weighted by Gasteiger charge is -2.38. The number of unbranched alkanes of at least 4 members (excludes halogenated alkanes) is 5. The van der Waals surface area contributed by atoms with Crippen molar-refractivity contribution in [2.75, 3.05) is 13.2 Å². The number of esters is 1. The maximum atomic E-state index is 12.1. The molecule has 202 valence electrons.